The number of ether oxygens (including phenoxy) is 1. The van der Waals surface area contributed by atoms with Gasteiger partial charge in [-0.15, -0.1) is 0 Å². The molecular formula is C16H27N3O. The van der Waals surface area contributed by atoms with Crippen LogP contribution in [0, 0.1) is 0 Å². The Morgan fingerprint density at radius 3 is 2.40 bits per heavy atom. The number of hydrogen-bond acceptors (Lipinski definition) is 4. The standard InChI is InChI=1S/C16H27N3O/c1-19(2)16(8-6-4-5-7-9-16)15(17)13-10-14(20-3)12-18-11-13/h10-12,15H,4-9,17H2,1-3H3. The molecule has 20 heavy (non-hydrogen) atoms. The van der Waals surface area contributed by atoms with Gasteiger partial charge in [0, 0.05) is 17.8 Å². The van der Waals surface area contributed by atoms with E-state index < -0.39 is 0 Å². The van der Waals surface area contributed by atoms with Crippen molar-refractivity contribution in [3.05, 3.63) is 24.0 Å². The SMILES string of the molecule is COc1cncc(C(N)C2(N(C)C)CCCCCC2)c1. The molecule has 0 radical (unpaired) electrons. The number of aromatic nitrogens is 1. The van der Waals surface area contributed by atoms with Crippen LogP contribution in [-0.2, 0) is 0 Å². The van der Waals surface area contributed by atoms with E-state index in [2.05, 4.69) is 24.0 Å². The van der Waals surface area contributed by atoms with Crippen LogP contribution in [0.5, 0.6) is 5.75 Å². The first-order valence-corrected chi connectivity index (χ1v) is 7.52. The van der Waals surface area contributed by atoms with Crippen LogP contribution in [0.15, 0.2) is 18.5 Å². The Kier molecular flexibility index (Phi) is 5.00. The smallest absolute Gasteiger partial charge is 0.137 e. The van der Waals surface area contributed by atoms with Gasteiger partial charge in [0.2, 0.25) is 0 Å². The van der Waals surface area contributed by atoms with Crippen molar-refractivity contribution in [2.24, 2.45) is 5.73 Å². The van der Waals surface area contributed by atoms with Gasteiger partial charge in [-0.2, -0.15) is 0 Å². The molecule has 1 saturated carbocycles. The number of nitrogens with zero attached hydrogens (tertiary/aromatic N) is 2. The van der Waals surface area contributed by atoms with E-state index in [9.17, 15) is 0 Å². The summed E-state index contributed by atoms with van der Waals surface area (Å²) in [5, 5.41) is 0. The normalized spacial score (nSPS) is 20.4. The molecule has 2 rings (SSSR count). The summed E-state index contributed by atoms with van der Waals surface area (Å²) in [5.74, 6) is 0.778. The lowest BCUT2D eigenvalue weighted by Crippen LogP contribution is -2.52. The van der Waals surface area contributed by atoms with E-state index in [1.807, 2.05) is 12.3 Å². The van der Waals surface area contributed by atoms with Crippen LogP contribution >= 0.6 is 0 Å². The quantitative estimate of drug-likeness (QED) is 0.860. The van der Waals surface area contributed by atoms with Crippen molar-refractivity contribution in [2.75, 3.05) is 21.2 Å². The second-order valence-corrected chi connectivity index (χ2v) is 6.05. The first-order chi connectivity index (χ1) is 9.60. The van der Waals surface area contributed by atoms with Crippen LogP contribution in [0.4, 0.5) is 0 Å². The fourth-order valence-electron chi connectivity index (χ4n) is 3.40. The van der Waals surface area contributed by atoms with E-state index in [1.165, 1.54) is 25.7 Å². The first-order valence-electron chi connectivity index (χ1n) is 7.52. The highest BCUT2D eigenvalue weighted by Crippen LogP contribution is 2.40. The fraction of sp³-hybridized carbons (Fsp3) is 0.688. The molecule has 0 saturated heterocycles. The summed E-state index contributed by atoms with van der Waals surface area (Å²) in [6, 6.07) is 1.99. The zero-order valence-electron chi connectivity index (χ0n) is 12.9. The van der Waals surface area contributed by atoms with Crippen molar-refractivity contribution in [3.8, 4) is 5.75 Å². The molecule has 4 heteroatoms. The molecule has 1 atom stereocenters. The summed E-state index contributed by atoms with van der Waals surface area (Å²) in [7, 11) is 5.97. The zero-order chi connectivity index (χ0) is 14.6. The largest absolute Gasteiger partial charge is 0.495 e. The van der Waals surface area contributed by atoms with Gasteiger partial charge in [-0.05, 0) is 38.6 Å². The van der Waals surface area contributed by atoms with Crippen LogP contribution in [-0.4, -0.2) is 36.6 Å². The molecule has 4 nitrogen and oxygen atoms in total. The van der Waals surface area contributed by atoms with E-state index >= 15 is 0 Å². The second-order valence-electron chi connectivity index (χ2n) is 6.05. The molecule has 0 aromatic carbocycles. The Bertz CT molecular complexity index is 425. The van der Waals surface area contributed by atoms with Gasteiger partial charge >= 0.3 is 0 Å². The minimum Gasteiger partial charge on any atom is -0.495 e. The number of rotatable bonds is 4. The van der Waals surface area contributed by atoms with Crippen LogP contribution < -0.4 is 10.5 Å². The van der Waals surface area contributed by atoms with Crippen molar-refractivity contribution >= 4 is 0 Å². The maximum Gasteiger partial charge on any atom is 0.137 e. The first kappa shape index (κ1) is 15.3. The number of methoxy groups -OCH3 is 1. The van der Waals surface area contributed by atoms with Gasteiger partial charge in [-0.25, -0.2) is 0 Å². The van der Waals surface area contributed by atoms with Gasteiger partial charge < -0.3 is 15.4 Å². The molecule has 0 amide bonds. The highest BCUT2D eigenvalue weighted by Gasteiger charge is 2.40. The van der Waals surface area contributed by atoms with Gasteiger partial charge in [-0.3, -0.25) is 4.98 Å². The predicted molar refractivity (Wildman–Crippen MR) is 81.8 cm³/mol. The van der Waals surface area contributed by atoms with E-state index in [-0.39, 0.29) is 11.6 Å². The van der Waals surface area contributed by atoms with Crippen LogP contribution in [0.3, 0.4) is 0 Å². The molecular weight excluding hydrogens is 250 g/mol. The van der Waals surface area contributed by atoms with Gasteiger partial charge in [0.05, 0.1) is 13.3 Å². The van der Waals surface area contributed by atoms with Crippen molar-refractivity contribution in [3.63, 3.8) is 0 Å². The third kappa shape index (κ3) is 2.96. The Hall–Kier alpha value is -1.13. The number of nitrogens with two attached hydrogens (primary N) is 1. The topological polar surface area (TPSA) is 51.4 Å². The molecule has 1 heterocycles. The van der Waals surface area contributed by atoms with E-state index in [1.54, 1.807) is 13.3 Å². The van der Waals surface area contributed by atoms with E-state index in [0.29, 0.717) is 0 Å². The van der Waals surface area contributed by atoms with E-state index in [0.717, 1.165) is 24.2 Å². The lowest BCUT2D eigenvalue weighted by Gasteiger charge is -2.44. The monoisotopic (exact) mass is 277 g/mol. The van der Waals surface area contributed by atoms with Gasteiger partial charge in [-0.1, -0.05) is 25.7 Å². The third-order valence-corrected chi connectivity index (χ3v) is 4.77. The highest BCUT2D eigenvalue weighted by atomic mass is 16.5. The summed E-state index contributed by atoms with van der Waals surface area (Å²) >= 11 is 0. The van der Waals surface area contributed by atoms with Gasteiger partial charge in [0.1, 0.15) is 5.75 Å². The minimum atomic E-state index is -0.0294. The third-order valence-electron chi connectivity index (χ3n) is 4.77. The number of pyridine rings is 1. The lowest BCUT2D eigenvalue weighted by molar-refractivity contribution is 0.0966. The molecule has 0 spiro atoms. The summed E-state index contributed by atoms with van der Waals surface area (Å²) < 4.78 is 5.28. The molecule has 1 fully saturated rings. The Labute approximate surface area is 122 Å². The molecule has 1 aromatic rings. The number of likely N-dealkylation sites (N-methyl/N-ethyl adjacent to an activating group) is 1. The van der Waals surface area contributed by atoms with Crippen molar-refractivity contribution in [1.82, 2.24) is 9.88 Å². The second kappa shape index (κ2) is 6.55. The molecule has 0 bridgehead atoms. The average Bonchev–Trinajstić information content (AvgIpc) is 2.73. The zero-order valence-corrected chi connectivity index (χ0v) is 12.9. The molecule has 1 aliphatic rings. The van der Waals surface area contributed by atoms with Crippen molar-refractivity contribution in [1.29, 1.82) is 0 Å². The maximum absolute atomic E-state index is 6.66. The minimum absolute atomic E-state index is 0.0294. The molecule has 1 aromatic heterocycles. The average molecular weight is 277 g/mol. The van der Waals surface area contributed by atoms with E-state index in [4.69, 9.17) is 10.5 Å². The Morgan fingerprint density at radius 1 is 1.20 bits per heavy atom. The molecule has 1 aliphatic carbocycles. The summed E-state index contributed by atoms with van der Waals surface area (Å²) in [6.07, 6.45) is 11.1. The summed E-state index contributed by atoms with van der Waals surface area (Å²) in [4.78, 5) is 6.58. The van der Waals surface area contributed by atoms with Crippen LogP contribution in [0.25, 0.3) is 0 Å². The maximum atomic E-state index is 6.66. The van der Waals surface area contributed by atoms with Gasteiger partial charge in [0.15, 0.2) is 0 Å². The molecule has 2 N–H and O–H groups in total. The predicted octanol–water partition coefficient (Wildman–Crippen LogP) is 2.74. The van der Waals surface area contributed by atoms with Crippen LogP contribution in [0.1, 0.15) is 50.1 Å². The Morgan fingerprint density at radius 2 is 1.85 bits per heavy atom. The molecule has 112 valence electrons. The molecule has 0 aliphatic heterocycles. The summed E-state index contributed by atoms with van der Waals surface area (Å²) in [6.45, 7) is 0. The fourth-order valence-corrected chi connectivity index (χ4v) is 3.40. The van der Waals surface area contributed by atoms with Crippen molar-refractivity contribution < 1.29 is 4.74 Å². The summed E-state index contributed by atoms with van der Waals surface area (Å²) in [5.41, 5.74) is 7.76. The number of hydrogen-bond donors (Lipinski definition) is 1. The highest BCUT2D eigenvalue weighted by molar-refractivity contribution is 5.28. The Balaban J connectivity index is 2.32. The van der Waals surface area contributed by atoms with Crippen molar-refractivity contribution in [2.45, 2.75) is 50.1 Å². The van der Waals surface area contributed by atoms with Crippen LogP contribution in [0.2, 0.25) is 0 Å². The van der Waals surface area contributed by atoms with Gasteiger partial charge in [0.25, 0.3) is 0 Å². The molecule has 1 unspecified atom stereocenters. The lowest BCUT2D eigenvalue weighted by atomic mass is 9.79.